The summed E-state index contributed by atoms with van der Waals surface area (Å²) in [7, 11) is 1.68. The Morgan fingerprint density at radius 2 is 2.00 bits per heavy atom. The van der Waals surface area contributed by atoms with Crippen molar-refractivity contribution in [2.75, 3.05) is 0 Å². The number of aromatic nitrogens is 2. The molecule has 1 aromatic carbocycles. The molecule has 0 amide bonds. The Morgan fingerprint density at radius 1 is 1.29 bits per heavy atom. The molecule has 0 N–H and O–H groups in total. The fourth-order valence-electron chi connectivity index (χ4n) is 1.36. The molecule has 0 fully saturated rings. The molecule has 0 bridgehead atoms. The first-order chi connectivity index (χ1) is 6.47. The van der Waals surface area contributed by atoms with E-state index in [1.165, 1.54) is 10.7 Å². The highest BCUT2D eigenvalue weighted by Gasteiger charge is 2.25. The van der Waals surface area contributed by atoms with Crippen LogP contribution in [0.4, 0.5) is 12.9 Å². The molecule has 6 heteroatoms. The topological polar surface area (TPSA) is 17.8 Å². The zero-order valence-corrected chi connectivity index (χ0v) is 7.42. The van der Waals surface area contributed by atoms with Crippen LogP contribution >= 0.6 is 0 Å². The van der Waals surface area contributed by atoms with Gasteiger partial charge in [0.05, 0.1) is 5.52 Å². The van der Waals surface area contributed by atoms with E-state index in [0.717, 1.165) is 17.5 Å². The molecule has 0 saturated carbocycles. The zero-order valence-electron chi connectivity index (χ0n) is 7.42. The predicted octanol–water partition coefficient (Wildman–Crippen LogP) is 1.63. The van der Waals surface area contributed by atoms with Crippen LogP contribution in [0.1, 0.15) is 0 Å². The SMILES string of the molecule is Cn1cc2ccc([B-](F)(F)F)cc2n1. The zero-order chi connectivity index (χ0) is 10.3. The number of benzene rings is 1. The van der Waals surface area contributed by atoms with E-state index in [9.17, 15) is 12.9 Å². The Bertz CT molecular complexity index is 475. The van der Waals surface area contributed by atoms with Crippen molar-refractivity contribution in [2.24, 2.45) is 7.05 Å². The van der Waals surface area contributed by atoms with E-state index < -0.39 is 12.4 Å². The maximum atomic E-state index is 12.4. The molecule has 1 heterocycles. The maximum absolute atomic E-state index is 12.4. The standard InChI is InChI=1S/C8H7BF3N2/c1-14-5-6-2-3-7(9(10,11)12)4-8(6)13-14/h2-5H,1H3/q-1. The van der Waals surface area contributed by atoms with E-state index in [1.54, 1.807) is 13.2 Å². The highest BCUT2D eigenvalue weighted by atomic mass is 19.4. The third-order valence-electron chi connectivity index (χ3n) is 2.02. The van der Waals surface area contributed by atoms with Crippen molar-refractivity contribution in [3.63, 3.8) is 0 Å². The van der Waals surface area contributed by atoms with Crippen LogP contribution in [0.2, 0.25) is 0 Å². The molecule has 0 aliphatic heterocycles. The largest absolute Gasteiger partial charge is 0.509 e. The first-order valence-electron chi connectivity index (χ1n) is 4.10. The van der Waals surface area contributed by atoms with Crippen molar-refractivity contribution < 1.29 is 12.9 Å². The van der Waals surface area contributed by atoms with E-state index in [-0.39, 0.29) is 0 Å². The van der Waals surface area contributed by atoms with Crippen LogP contribution in [-0.4, -0.2) is 16.8 Å². The number of nitrogens with zero attached hydrogens (tertiary/aromatic N) is 2. The fraction of sp³-hybridized carbons (Fsp3) is 0.125. The van der Waals surface area contributed by atoms with E-state index in [2.05, 4.69) is 5.10 Å². The van der Waals surface area contributed by atoms with Gasteiger partial charge in [-0.3, -0.25) is 4.68 Å². The average molecular weight is 199 g/mol. The van der Waals surface area contributed by atoms with Crippen LogP contribution in [0.3, 0.4) is 0 Å². The summed E-state index contributed by atoms with van der Waals surface area (Å²) in [5.41, 5.74) is -0.222. The Morgan fingerprint density at radius 3 is 2.64 bits per heavy atom. The van der Waals surface area contributed by atoms with Crippen LogP contribution in [0.15, 0.2) is 24.4 Å². The Hall–Kier alpha value is -1.46. The minimum absolute atomic E-state index is 0.379. The molecule has 0 atom stereocenters. The van der Waals surface area contributed by atoms with Gasteiger partial charge in [0.15, 0.2) is 0 Å². The van der Waals surface area contributed by atoms with Crippen LogP contribution in [0.25, 0.3) is 10.9 Å². The monoisotopic (exact) mass is 199 g/mol. The number of fused-ring (bicyclic) bond motifs is 1. The number of rotatable bonds is 1. The summed E-state index contributed by atoms with van der Waals surface area (Å²) in [6.07, 6.45) is 1.68. The second-order valence-corrected chi connectivity index (χ2v) is 3.20. The van der Waals surface area contributed by atoms with Gasteiger partial charge in [-0.05, 0) is 0 Å². The van der Waals surface area contributed by atoms with Crippen LogP contribution in [-0.2, 0) is 7.05 Å². The number of aryl methyl sites for hydroxylation is 1. The average Bonchev–Trinajstić information content (AvgIpc) is 2.41. The minimum atomic E-state index is -4.93. The summed E-state index contributed by atoms with van der Waals surface area (Å²) in [6, 6.07) is 3.60. The molecule has 2 aromatic rings. The molecule has 14 heavy (non-hydrogen) atoms. The molecule has 0 unspecified atom stereocenters. The van der Waals surface area contributed by atoms with Crippen molar-refractivity contribution in [1.29, 1.82) is 0 Å². The first-order valence-corrected chi connectivity index (χ1v) is 4.10. The molecule has 0 spiro atoms. The minimum Gasteiger partial charge on any atom is -0.445 e. The van der Waals surface area contributed by atoms with Gasteiger partial charge in [0.2, 0.25) is 0 Å². The summed E-state index contributed by atoms with van der Waals surface area (Å²) in [5, 5.41) is 4.63. The lowest BCUT2D eigenvalue weighted by Crippen LogP contribution is -2.33. The van der Waals surface area contributed by atoms with Gasteiger partial charge in [-0.15, -0.1) is 5.46 Å². The lowest BCUT2D eigenvalue weighted by molar-refractivity contribution is 0.501. The molecule has 74 valence electrons. The fourth-order valence-corrected chi connectivity index (χ4v) is 1.36. The molecule has 1 aromatic heterocycles. The summed E-state index contributed by atoms with van der Waals surface area (Å²) in [6.45, 7) is -4.93. The lowest BCUT2D eigenvalue weighted by atomic mass is 9.80. The summed E-state index contributed by atoms with van der Waals surface area (Å²) in [5.74, 6) is 0. The molecule has 2 rings (SSSR count). The quantitative estimate of drug-likeness (QED) is 0.638. The molecule has 2 nitrogen and oxygen atoms in total. The Balaban J connectivity index is 2.62. The third kappa shape index (κ3) is 1.47. The highest BCUT2D eigenvalue weighted by Crippen LogP contribution is 2.14. The van der Waals surface area contributed by atoms with E-state index in [1.807, 2.05) is 0 Å². The second kappa shape index (κ2) is 2.77. The molecule has 0 aliphatic carbocycles. The van der Waals surface area contributed by atoms with Crippen molar-refractivity contribution in [3.8, 4) is 0 Å². The molecule has 0 radical (unpaired) electrons. The van der Waals surface area contributed by atoms with Gasteiger partial charge < -0.3 is 12.9 Å². The molecular weight excluding hydrogens is 192 g/mol. The maximum Gasteiger partial charge on any atom is 0.509 e. The third-order valence-corrected chi connectivity index (χ3v) is 2.02. The van der Waals surface area contributed by atoms with E-state index >= 15 is 0 Å². The van der Waals surface area contributed by atoms with Gasteiger partial charge in [0.25, 0.3) is 0 Å². The van der Waals surface area contributed by atoms with Crippen molar-refractivity contribution in [3.05, 3.63) is 24.4 Å². The smallest absolute Gasteiger partial charge is 0.445 e. The Labute approximate surface area is 78.4 Å². The summed E-state index contributed by atoms with van der Waals surface area (Å²) >= 11 is 0. The van der Waals surface area contributed by atoms with E-state index in [4.69, 9.17) is 0 Å². The van der Waals surface area contributed by atoms with Crippen molar-refractivity contribution in [1.82, 2.24) is 9.78 Å². The molecular formula is C8H7BF3N2-. The highest BCUT2D eigenvalue weighted by molar-refractivity contribution is 6.73. The second-order valence-electron chi connectivity index (χ2n) is 3.20. The van der Waals surface area contributed by atoms with Gasteiger partial charge in [0.1, 0.15) is 0 Å². The van der Waals surface area contributed by atoms with Gasteiger partial charge in [-0.2, -0.15) is 5.10 Å². The summed E-state index contributed by atoms with van der Waals surface area (Å²) in [4.78, 5) is 0. The predicted molar refractivity (Wildman–Crippen MR) is 49.4 cm³/mol. The first kappa shape index (κ1) is 9.11. The van der Waals surface area contributed by atoms with Gasteiger partial charge in [-0.25, -0.2) is 0 Å². The van der Waals surface area contributed by atoms with Gasteiger partial charge in [0, 0.05) is 18.6 Å². The summed E-state index contributed by atoms with van der Waals surface area (Å²) < 4.78 is 38.5. The van der Waals surface area contributed by atoms with Crippen molar-refractivity contribution >= 4 is 23.3 Å². The van der Waals surface area contributed by atoms with Gasteiger partial charge >= 0.3 is 6.98 Å². The Kier molecular flexibility index (Phi) is 1.80. The van der Waals surface area contributed by atoms with E-state index in [0.29, 0.717) is 5.52 Å². The van der Waals surface area contributed by atoms with Gasteiger partial charge in [-0.1, -0.05) is 18.2 Å². The normalized spacial score (nSPS) is 12.3. The van der Waals surface area contributed by atoms with Crippen LogP contribution in [0, 0.1) is 0 Å². The number of halogens is 3. The molecule has 0 saturated heterocycles. The lowest BCUT2D eigenvalue weighted by Gasteiger charge is -2.13. The van der Waals surface area contributed by atoms with Crippen LogP contribution < -0.4 is 5.46 Å². The number of hydrogen-bond acceptors (Lipinski definition) is 1. The van der Waals surface area contributed by atoms with Crippen molar-refractivity contribution in [2.45, 2.75) is 0 Å². The molecule has 0 aliphatic rings. The number of hydrogen-bond donors (Lipinski definition) is 0. The van der Waals surface area contributed by atoms with Crippen LogP contribution in [0.5, 0.6) is 0 Å².